The van der Waals surface area contributed by atoms with Crippen LogP contribution in [0.3, 0.4) is 0 Å². The van der Waals surface area contributed by atoms with E-state index in [2.05, 4.69) is 15.0 Å². The number of halogens is 1. The number of aryl methyl sites for hydroxylation is 1. The molecule has 0 bridgehead atoms. The molecule has 0 fully saturated rings. The van der Waals surface area contributed by atoms with E-state index in [4.69, 9.17) is 11.6 Å². The molecule has 0 amide bonds. The molecule has 0 aliphatic rings. The fourth-order valence-corrected chi connectivity index (χ4v) is 1.55. The second-order valence-corrected chi connectivity index (χ2v) is 2.95. The van der Waals surface area contributed by atoms with Crippen molar-refractivity contribution in [2.75, 3.05) is 0 Å². The third-order valence-electron chi connectivity index (χ3n) is 1.88. The van der Waals surface area contributed by atoms with Gasteiger partial charge in [-0.1, -0.05) is 4.98 Å². The molecule has 0 spiro atoms. The SMILES string of the molecule is CCn1c(=O)[nH]c2[nH+]cnc(Cl)c21. The van der Waals surface area contributed by atoms with Gasteiger partial charge in [0.15, 0.2) is 5.52 Å². The summed E-state index contributed by atoms with van der Waals surface area (Å²) in [6.07, 6.45) is 1.45. The van der Waals surface area contributed by atoms with E-state index in [9.17, 15) is 4.79 Å². The lowest BCUT2D eigenvalue weighted by atomic mass is 10.5. The fourth-order valence-electron chi connectivity index (χ4n) is 1.31. The summed E-state index contributed by atoms with van der Waals surface area (Å²) in [4.78, 5) is 20.6. The third kappa shape index (κ3) is 1.12. The monoisotopic (exact) mass is 199 g/mol. The quantitative estimate of drug-likeness (QED) is 0.668. The van der Waals surface area contributed by atoms with E-state index in [1.807, 2.05) is 6.92 Å². The van der Waals surface area contributed by atoms with E-state index in [-0.39, 0.29) is 5.69 Å². The van der Waals surface area contributed by atoms with Crippen LogP contribution < -0.4 is 10.7 Å². The summed E-state index contributed by atoms with van der Waals surface area (Å²) in [6, 6.07) is 0. The molecule has 2 aromatic rings. The van der Waals surface area contributed by atoms with Crippen LogP contribution in [-0.2, 0) is 6.54 Å². The molecule has 6 heteroatoms. The molecule has 68 valence electrons. The highest BCUT2D eigenvalue weighted by Crippen LogP contribution is 2.13. The normalized spacial score (nSPS) is 10.9. The van der Waals surface area contributed by atoms with Crippen molar-refractivity contribution in [3.8, 4) is 0 Å². The summed E-state index contributed by atoms with van der Waals surface area (Å²) in [7, 11) is 0. The summed E-state index contributed by atoms with van der Waals surface area (Å²) in [5.41, 5.74) is 1.05. The van der Waals surface area contributed by atoms with Crippen molar-refractivity contribution in [3.63, 3.8) is 0 Å². The van der Waals surface area contributed by atoms with Crippen LogP contribution in [-0.4, -0.2) is 14.5 Å². The van der Waals surface area contributed by atoms with E-state index in [1.54, 1.807) is 0 Å². The third-order valence-corrected chi connectivity index (χ3v) is 2.16. The van der Waals surface area contributed by atoms with Gasteiger partial charge in [-0.3, -0.25) is 4.57 Å². The van der Waals surface area contributed by atoms with Gasteiger partial charge in [0.2, 0.25) is 11.5 Å². The van der Waals surface area contributed by atoms with Crippen LogP contribution in [0.4, 0.5) is 0 Å². The highest BCUT2D eigenvalue weighted by molar-refractivity contribution is 6.33. The summed E-state index contributed by atoms with van der Waals surface area (Å²) in [6.45, 7) is 2.44. The Kier molecular flexibility index (Phi) is 1.81. The van der Waals surface area contributed by atoms with Crippen molar-refractivity contribution in [1.29, 1.82) is 0 Å². The summed E-state index contributed by atoms with van der Waals surface area (Å²) in [5, 5.41) is 0.328. The second-order valence-electron chi connectivity index (χ2n) is 2.59. The van der Waals surface area contributed by atoms with Crippen LogP contribution in [0.25, 0.3) is 11.2 Å². The first-order valence-corrected chi connectivity index (χ1v) is 4.26. The van der Waals surface area contributed by atoms with E-state index in [0.29, 0.717) is 22.9 Å². The number of nitrogens with one attached hydrogen (secondary N) is 2. The molecule has 0 unspecified atom stereocenters. The Morgan fingerprint density at radius 1 is 1.77 bits per heavy atom. The van der Waals surface area contributed by atoms with Gasteiger partial charge >= 0.3 is 5.69 Å². The highest BCUT2D eigenvalue weighted by atomic mass is 35.5. The van der Waals surface area contributed by atoms with E-state index < -0.39 is 0 Å². The Morgan fingerprint density at radius 2 is 2.54 bits per heavy atom. The molecule has 0 aliphatic carbocycles. The lowest BCUT2D eigenvalue weighted by Gasteiger charge is -1.93. The average molecular weight is 200 g/mol. The largest absolute Gasteiger partial charge is 0.384 e. The fraction of sp³-hybridized carbons (Fsp3) is 0.286. The molecule has 0 saturated heterocycles. The number of aromatic nitrogens is 4. The number of aromatic amines is 2. The summed E-state index contributed by atoms with van der Waals surface area (Å²) < 4.78 is 1.53. The maximum Gasteiger partial charge on any atom is 0.384 e. The van der Waals surface area contributed by atoms with Crippen molar-refractivity contribution in [1.82, 2.24) is 14.5 Å². The van der Waals surface area contributed by atoms with E-state index in [1.165, 1.54) is 10.9 Å². The smallest absolute Gasteiger partial charge is 0.271 e. The van der Waals surface area contributed by atoms with Crippen molar-refractivity contribution in [2.45, 2.75) is 13.5 Å². The Balaban J connectivity index is 2.96. The predicted octanol–water partition coefficient (Wildman–Crippen LogP) is 0.212. The first kappa shape index (κ1) is 8.25. The van der Waals surface area contributed by atoms with Gasteiger partial charge in [-0.05, 0) is 18.5 Å². The molecule has 0 aliphatic heterocycles. The van der Waals surface area contributed by atoms with Crippen molar-refractivity contribution in [3.05, 3.63) is 22.0 Å². The molecule has 13 heavy (non-hydrogen) atoms. The molecule has 5 nitrogen and oxygen atoms in total. The minimum absolute atomic E-state index is 0.177. The van der Waals surface area contributed by atoms with Crippen LogP contribution >= 0.6 is 11.6 Å². The first-order chi connectivity index (χ1) is 6.24. The maximum atomic E-state index is 11.3. The molecule has 0 aromatic carbocycles. The molecule has 2 N–H and O–H groups in total. The standard InChI is InChI=1S/C7H7ClN4O/c1-2-12-4-5(8)9-3-10-6(4)11-7(12)13/h3H,2H2,1H3,(H,9,10,11,13)/p+1. The Hall–Kier alpha value is -1.36. The zero-order valence-electron chi connectivity index (χ0n) is 6.97. The minimum Gasteiger partial charge on any atom is -0.271 e. The molecule has 0 radical (unpaired) electrons. The number of hydrogen-bond donors (Lipinski definition) is 1. The Morgan fingerprint density at radius 3 is 3.23 bits per heavy atom. The summed E-state index contributed by atoms with van der Waals surface area (Å²) >= 11 is 5.84. The molecule has 2 heterocycles. The number of fused-ring (bicyclic) bond motifs is 1. The number of nitrogens with zero attached hydrogens (tertiary/aromatic N) is 2. The first-order valence-electron chi connectivity index (χ1n) is 3.88. The Labute approximate surface area is 78.4 Å². The molecule has 0 saturated carbocycles. The maximum absolute atomic E-state index is 11.3. The van der Waals surface area contributed by atoms with Gasteiger partial charge in [0, 0.05) is 6.54 Å². The van der Waals surface area contributed by atoms with Gasteiger partial charge in [0.25, 0.3) is 5.65 Å². The molecule has 0 atom stereocenters. The lowest BCUT2D eigenvalue weighted by molar-refractivity contribution is -0.352. The number of H-pyrrole nitrogens is 2. The predicted molar refractivity (Wildman–Crippen MR) is 47.6 cm³/mol. The van der Waals surface area contributed by atoms with Crippen LogP contribution in [0.2, 0.25) is 5.15 Å². The topological polar surface area (TPSA) is 64.8 Å². The van der Waals surface area contributed by atoms with Gasteiger partial charge in [0.1, 0.15) is 0 Å². The van der Waals surface area contributed by atoms with Gasteiger partial charge in [-0.25, -0.2) is 14.8 Å². The van der Waals surface area contributed by atoms with Gasteiger partial charge in [0.05, 0.1) is 0 Å². The highest BCUT2D eigenvalue weighted by Gasteiger charge is 2.15. The molecule has 2 aromatic heterocycles. The molecular weight excluding hydrogens is 192 g/mol. The van der Waals surface area contributed by atoms with Crippen molar-refractivity contribution < 1.29 is 4.98 Å². The second kappa shape index (κ2) is 2.85. The van der Waals surface area contributed by atoms with Gasteiger partial charge < -0.3 is 0 Å². The van der Waals surface area contributed by atoms with Crippen molar-refractivity contribution >= 4 is 22.8 Å². The average Bonchev–Trinajstić information content (AvgIpc) is 2.42. The zero-order chi connectivity index (χ0) is 9.42. The Bertz CT molecular complexity index is 501. The van der Waals surface area contributed by atoms with Crippen LogP contribution in [0.15, 0.2) is 11.1 Å². The zero-order valence-corrected chi connectivity index (χ0v) is 7.72. The summed E-state index contributed by atoms with van der Waals surface area (Å²) in [5.74, 6) is 0. The van der Waals surface area contributed by atoms with E-state index in [0.717, 1.165) is 0 Å². The lowest BCUT2D eigenvalue weighted by Crippen LogP contribution is -2.15. The van der Waals surface area contributed by atoms with E-state index >= 15 is 0 Å². The van der Waals surface area contributed by atoms with Gasteiger partial charge in [-0.15, -0.1) is 0 Å². The number of imidazole rings is 1. The number of hydrogen-bond acceptors (Lipinski definition) is 2. The molecule has 2 rings (SSSR count). The number of rotatable bonds is 1. The van der Waals surface area contributed by atoms with Gasteiger partial charge in [-0.2, -0.15) is 0 Å². The minimum atomic E-state index is -0.177. The van der Waals surface area contributed by atoms with Crippen LogP contribution in [0.5, 0.6) is 0 Å². The van der Waals surface area contributed by atoms with Crippen LogP contribution in [0.1, 0.15) is 6.92 Å². The van der Waals surface area contributed by atoms with Crippen LogP contribution in [0, 0.1) is 0 Å². The van der Waals surface area contributed by atoms with Crippen molar-refractivity contribution in [2.24, 2.45) is 0 Å². The molecular formula is C7H8ClN4O+.